The quantitative estimate of drug-likeness (QED) is 0.783. The van der Waals surface area contributed by atoms with Gasteiger partial charge in [-0.1, -0.05) is 11.8 Å². The highest BCUT2D eigenvalue weighted by Crippen LogP contribution is 2.10. The van der Waals surface area contributed by atoms with Crippen molar-refractivity contribution in [2.75, 3.05) is 7.11 Å². The van der Waals surface area contributed by atoms with Gasteiger partial charge in [0.1, 0.15) is 5.75 Å². The van der Waals surface area contributed by atoms with E-state index < -0.39 is 0 Å². The fourth-order valence-electron chi connectivity index (χ4n) is 1.80. The molecule has 2 rings (SSSR count). The molecule has 3 heteroatoms. The summed E-state index contributed by atoms with van der Waals surface area (Å²) in [6.07, 6.45) is 1.80. The van der Waals surface area contributed by atoms with Gasteiger partial charge in [-0.15, -0.1) is 0 Å². The number of hydrogen-bond acceptors (Lipinski definition) is 2. The minimum atomic E-state index is -0.00463. The maximum Gasteiger partial charge on any atom is 0.250 e. The molecule has 0 N–H and O–H groups in total. The molecule has 3 nitrogen and oxygen atoms in total. The summed E-state index contributed by atoms with van der Waals surface area (Å²) in [5.41, 5.74) is 1.73. The number of aromatic nitrogens is 1. The predicted molar refractivity (Wildman–Crippen MR) is 80.1 cm³/mol. The van der Waals surface area contributed by atoms with E-state index in [4.69, 9.17) is 4.74 Å². The molecule has 0 spiro atoms. The zero-order valence-corrected chi connectivity index (χ0v) is 11.9. The molecular weight excluding hydrogens is 250 g/mol. The summed E-state index contributed by atoms with van der Waals surface area (Å²) in [5, 5.41) is 0. The highest BCUT2D eigenvalue weighted by atomic mass is 16.5. The molecule has 0 saturated carbocycles. The van der Waals surface area contributed by atoms with Crippen molar-refractivity contribution in [1.82, 2.24) is 4.57 Å². The fraction of sp³-hybridized carbons (Fsp3) is 0.235. The van der Waals surface area contributed by atoms with Crippen molar-refractivity contribution in [3.63, 3.8) is 0 Å². The first kappa shape index (κ1) is 14.0. The van der Waals surface area contributed by atoms with E-state index in [1.165, 1.54) is 0 Å². The van der Waals surface area contributed by atoms with Gasteiger partial charge in [-0.2, -0.15) is 0 Å². The second-order valence-corrected chi connectivity index (χ2v) is 4.74. The summed E-state index contributed by atoms with van der Waals surface area (Å²) in [6, 6.07) is 11.0. The van der Waals surface area contributed by atoms with Crippen LogP contribution in [0.2, 0.25) is 0 Å². The largest absolute Gasteiger partial charge is 0.497 e. The van der Waals surface area contributed by atoms with Crippen LogP contribution in [0.5, 0.6) is 5.75 Å². The van der Waals surface area contributed by atoms with E-state index in [1.54, 1.807) is 30.0 Å². The van der Waals surface area contributed by atoms with E-state index in [9.17, 15) is 4.79 Å². The summed E-state index contributed by atoms with van der Waals surface area (Å²) < 4.78 is 6.78. The smallest absolute Gasteiger partial charge is 0.250 e. The summed E-state index contributed by atoms with van der Waals surface area (Å²) in [7, 11) is 1.63. The molecule has 20 heavy (non-hydrogen) atoms. The summed E-state index contributed by atoms with van der Waals surface area (Å²) in [6.45, 7) is 3.95. The van der Waals surface area contributed by atoms with Crippen molar-refractivity contribution in [3.8, 4) is 17.6 Å². The maximum atomic E-state index is 11.7. The van der Waals surface area contributed by atoms with Gasteiger partial charge in [-0.05, 0) is 44.2 Å². The third-order valence-corrected chi connectivity index (χ3v) is 2.94. The van der Waals surface area contributed by atoms with E-state index in [0.29, 0.717) is 0 Å². The van der Waals surface area contributed by atoms with Crippen LogP contribution in [0.3, 0.4) is 0 Å². The lowest BCUT2D eigenvalue weighted by Gasteiger charge is -2.08. The normalized spacial score (nSPS) is 10.0. The lowest BCUT2D eigenvalue weighted by Crippen LogP contribution is -2.20. The van der Waals surface area contributed by atoms with Crippen LogP contribution in [0.25, 0.3) is 0 Å². The Morgan fingerprint density at radius 1 is 1.00 bits per heavy atom. The number of benzene rings is 1. The molecule has 0 aliphatic heterocycles. The first-order valence-corrected chi connectivity index (χ1v) is 6.48. The van der Waals surface area contributed by atoms with Gasteiger partial charge in [-0.3, -0.25) is 4.79 Å². The minimum absolute atomic E-state index is 0.00463. The molecule has 0 aliphatic rings. The molecule has 0 aliphatic carbocycles. The van der Waals surface area contributed by atoms with Crippen molar-refractivity contribution < 1.29 is 4.74 Å². The van der Waals surface area contributed by atoms with Crippen molar-refractivity contribution >= 4 is 0 Å². The molecule has 0 atom stereocenters. The average Bonchev–Trinajstić information content (AvgIpc) is 2.46. The van der Waals surface area contributed by atoms with Crippen LogP contribution in [-0.2, 0) is 0 Å². The van der Waals surface area contributed by atoms with Crippen LogP contribution in [0.15, 0.2) is 47.4 Å². The number of hydrogen-bond donors (Lipinski definition) is 0. The highest BCUT2D eigenvalue weighted by Gasteiger charge is 2.00. The molecule has 0 amide bonds. The van der Waals surface area contributed by atoms with E-state index in [1.807, 2.05) is 38.1 Å². The van der Waals surface area contributed by atoms with Crippen molar-refractivity contribution in [1.29, 1.82) is 0 Å². The first-order valence-electron chi connectivity index (χ1n) is 6.48. The van der Waals surface area contributed by atoms with Crippen LogP contribution < -0.4 is 10.3 Å². The van der Waals surface area contributed by atoms with Crippen LogP contribution >= 0.6 is 0 Å². The molecule has 102 valence electrons. The Bertz CT molecular complexity index is 700. The first-order chi connectivity index (χ1) is 9.60. The topological polar surface area (TPSA) is 31.2 Å². The third-order valence-electron chi connectivity index (χ3n) is 2.94. The van der Waals surface area contributed by atoms with Crippen molar-refractivity contribution in [2.45, 2.75) is 19.9 Å². The van der Waals surface area contributed by atoms with E-state index in [0.717, 1.165) is 16.9 Å². The average molecular weight is 267 g/mol. The predicted octanol–water partition coefficient (Wildman–Crippen LogP) is 2.84. The molecule has 0 saturated heterocycles. The van der Waals surface area contributed by atoms with Gasteiger partial charge in [-0.25, -0.2) is 0 Å². The molecule has 2 aromatic rings. The van der Waals surface area contributed by atoms with Gasteiger partial charge < -0.3 is 9.30 Å². The van der Waals surface area contributed by atoms with E-state index >= 15 is 0 Å². The van der Waals surface area contributed by atoms with Crippen molar-refractivity contribution in [3.05, 3.63) is 64.1 Å². The van der Waals surface area contributed by atoms with Gasteiger partial charge in [0.2, 0.25) is 0 Å². The molecule has 1 aromatic heterocycles. The monoisotopic (exact) mass is 267 g/mol. The Kier molecular flexibility index (Phi) is 4.27. The molecule has 1 heterocycles. The Morgan fingerprint density at radius 2 is 1.60 bits per heavy atom. The summed E-state index contributed by atoms with van der Waals surface area (Å²) in [5.74, 6) is 6.96. The van der Waals surface area contributed by atoms with Crippen LogP contribution in [-0.4, -0.2) is 11.7 Å². The number of ether oxygens (including phenoxy) is 1. The Morgan fingerprint density at radius 3 is 2.20 bits per heavy atom. The number of nitrogens with zero attached hydrogens (tertiary/aromatic N) is 1. The Balaban J connectivity index is 2.28. The lowest BCUT2D eigenvalue weighted by atomic mass is 10.2. The van der Waals surface area contributed by atoms with Gasteiger partial charge in [0.05, 0.1) is 7.11 Å². The third kappa shape index (κ3) is 3.30. The Hall–Kier alpha value is -2.47. The lowest BCUT2D eigenvalue weighted by molar-refractivity contribution is 0.415. The Labute approximate surface area is 118 Å². The summed E-state index contributed by atoms with van der Waals surface area (Å²) in [4.78, 5) is 11.7. The standard InChI is InChI=1S/C17H17NO2/c1-13(2)18-12-15(8-11-17(18)19)5-4-14-6-9-16(20-3)10-7-14/h6-13H,1-3H3. The van der Waals surface area contributed by atoms with Gasteiger partial charge in [0.15, 0.2) is 0 Å². The van der Waals surface area contributed by atoms with Gasteiger partial charge in [0, 0.05) is 29.4 Å². The molecule has 0 fully saturated rings. The van der Waals surface area contributed by atoms with Crippen LogP contribution in [0.1, 0.15) is 31.0 Å². The molecule has 0 radical (unpaired) electrons. The highest BCUT2D eigenvalue weighted by molar-refractivity contribution is 5.43. The van der Waals surface area contributed by atoms with Crippen LogP contribution in [0.4, 0.5) is 0 Å². The SMILES string of the molecule is COc1ccc(C#Cc2ccc(=O)n(C(C)C)c2)cc1. The van der Waals surface area contributed by atoms with Crippen molar-refractivity contribution in [2.24, 2.45) is 0 Å². The zero-order chi connectivity index (χ0) is 14.5. The van der Waals surface area contributed by atoms with Gasteiger partial charge >= 0.3 is 0 Å². The number of methoxy groups -OCH3 is 1. The maximum absolute atomic E-state index is 11.7. The number of pyridine rings is 1. The zero-order valence-electron chi connectivity index (χ0n) is 11.9. The second kappa shape index (κ2) is 6.12. The fourth-order valence-corrected chi connectivity index (χ4v) is 1.80. The molecule has 0 bridgehead atoms. The summed E-state index contributed by atoms with van der Waals surface area (Å²) >= 11 is 0. The van der Waals surface area contributed by atoms with Crippen LogP contribution in [0, 0.1) is 11.8 Å². The molecule has 1 aromatic carbocycles. The van der Waals surface area contributed by atoms with Gasteiger partial charge in [0.25, 0.3) is 5.56 Å². The molecular formula is C17H17NO2. The van der Waals surface area contributed by atoms with E-state index in [-0.39, 0.29) is 11.6 Å². The van der Waals surface area contributed by atoms with E-state index in [2.05, 4.69) is 11.8 Å². The minimum Gasteiger partial charge on any atom is -0.497 e. The second-order valence-electron chi connectivity index (χ2n) is 4.74. The number of rotatable bonds is 2. The molecule has 0 unspecified atom stereocenters.